The molecule has 1 spiro atoms. The fourth-order valence-corrected chi connectivity index (χ4v) is 3.02. The summed E-state index contributed by atoms with van der Waals surface area (Å²) < 4.78 is 0. The molecule has 0 aromatic carbocycles. The summed E-state index contributed by atoms with van der Waals surface area (Å²) in [6, 6.07) is 0. The van der Waals surface area contributed by atoms with Gasteiger partial charge in [-0.15, -0.1) is 0 Å². The molecule has 0 radical (unpaired) electrons. The number of nitrogens with zero attached hydrogens (tertiary/aromatic N) is 3. The molecule has 0 aliphatic carbocycles. The van der Waals surface area contributed by atoms with E-state index in [2.05, 4.69) is 27.1 Å². The van der Waals surface area contributed by atoms with E-state index in [1.165, 1.54) is 0 Å². The average Bonchev–Trinajstić information content (AvgIpc) is 2.81. The molecule has 0 unspecified atom stereocenters. The quantitative estimate of drug-likeness (QED) is 0.866. The third kappa shape index (κ3) is 2.17. The largest absolute Gasteiger partial charge is 0.356 e. The van der Waals surface area contributed by atoms with Gasteiger partial charge in [0.15, 0.2) is 0 Å². The van der Waals surface area contributed by atoms with Crippen LogP contribution in [-0.4, -0.2) is 35.5 Å². The summed E-state index contributed by atoms with van der Waals surface area (Å²) in [5, 5.41) is 2.96. The Morgan fingerprint density at radius 1 is 1.26 bits per heavy atom. The first-order chi connectivity index (χ1) is 9.23. The van der Waals surface area contributed by atoms with Crippen molar-refractivity contribution in [1.82, 2.24) is 15.3 Å². The van der Waals surface area contributed by atoms with Crippen LogP contribution in [0.5, 0.6) is 0 Å². The van der Waals surface area contributed by atoms with Crippen LogP contribution in [-0.2, 0) is 11.2 Å². The van der Waals surface area contributed by atoms with Crippen LogP contribution in [0.25, 0.3) is 0 Å². The molecule has 0 saturated carbocycles. The van der Waals surface area contributed by atoms with Crippen LogP contribution < -0.4 is 10.2 Å². The number of piperidine rings is 1. The van der Waals surface area contributed by atoms with Crippen molar-refractivity contribution in [2.75, 3.05) is 24.5 Å². The van der Waals surface area contributed by atoms with E-state index >= 15 is 0 Å². The third-order valence-electron chi connectivity index (χ3n) is 4.47. The molecule has 2 saturated heterocycles. The maximum Gasteiger partial charge on any atom is 0.226 e. The minimum absolute atomic E-state index is 0.111. The van der Waals surface area contributed by atoms with Gasteiger partial charge in [0.05, 0.1) is 5.41 Å². The summed E-state index contributed by atoms with van der Waals surface area (Å²) in [5.74, 6) is 1.04. The Bertz CT molecular complexity index is 463. The maximum atomic E-state index is 11.9. The van der Waals surface area contributed by atoms with Crippen molar-refractivity contribution in [2.24, 2.45) is 5.41 Å². The summed E-state index contributed by atoms with van der Waals surface area (Å²) in [4.78, 5) is 23.0. The zero-order valence-corrected chi connectivity index (χ0v) is 11.4. The maximum absolute atomic E-state index is 11.9. The number of rotatable bonds is 2. The lowest BCUT2D eigenvalue weighted by Crippen LogP contribution is -2.44. The lowest BCUT2D eigenvalue weighted by atomic mass is 9.77. The zero-order valence-electron chi connectivity index (χ0n) is 11.4. The van der Waals surface area contributed by atoms with Gasteiger partial charge in [0.2, 0.25) is 11.9 Å². The molecule has 0 bridgehead atoms. The van der Waals surface area contributed by atoms with Crippen LogP contribution in [0.15, 0.2) is 12.4 Å². The van der Waals surface area contributed by atoms with E-state index in [4.69, 9.17) is 0 Å². The van der Waals surface area contributed by atoms with Crippen LogP contribution in [0.2, 0.25) is 0 Å². The van der Waals surface area contributed by atoms with Crippen molar-refractivity contribution >= 4 is 11.9 Å². The predicted octanol–water partition coefficient (Wildman–Crippen LogP) is 1.15. The van der Waals surface area contributed by atoms with E-state index < -0.39 is 0 Å². The SMILES string of the molecule is CCc1cnc(N2CCC3(CCNC3=O)CC2)nc1. The Hall–Kier alpha value is -1.65. The van der Waals surface area contributed by atoms with Crippen LogP contribution in [0.1, 0.15) is 31.7 Å². The van der Waals surface area contributed by atoms with Crippen molar-refractivity contribution in [2.45, 2.75) is 32.6 Å². The standard InChI is InChI=1S/C14H20N4O/c1-2-11-9-16-13(17-10-11)18-7-4-14(5-8-18)3-6-15-12(14)19/h9-10H,2-8H2,1H3,(H,15,19). The number of anilines is 1. The molecule has 1 N–H and O–H groups in total. The number of aryl methyl sites for hydroxylation is 1. The van der Waals surface area contributed by atoms with Gasteiger partial charge in [0.25, 0.3) is 0 Å². The topological polar surface area (TPSA) is 58.1 Å². The monoisotopic (exact) mass is 260 g/mol. The molecule has 19 heavy (non-hydrogen) atoms. The molecule has 5 heteroatoms. The van der Waals surface area contributed by atoms with E-state index in [9.17, 15) is 4.79 Å². The molecule has 3 heterocycles. The van der Waals surface area contributed by atoms with Gasteiger partial charge in [-0.3, -0.25) is 4.79 Å². The van der Waals surface area contributed by atoms with E-state index in [1.54, 1.807) is 0 Å². The molecule has 1 amide bonds. The number of carbonyl (C=O) groups is 1. The molecule has 2 fully saturated rings. The summed E-state index contributed by atoms with van der Waals surface area (Å²) in [6.45, 7) is 4.68. The van der Waals surface area contributed by atoms with Gasteiger partial charge in [-0.1, -0.05) is 6.92 Å². The Balaban J connectivity index is 1.67. The highest BCUT2D eigenvalue weighted by Crippen LogP contribution is 2.38. The molecule has 1 aromatic heterocycles. The van der Waals surface area contributed by atoms with Crippen LogP contribution in [0, 0.1) is 5.41 Å². The van der Waals surface area contributed by atoms with Gasteiger partial charge in [0.1, 0.15) is 0 Å². The lowest BCUT2D eigenvalue weighted by Gasteiger charge is -2.37. The predicted molar refractivity (Wildman–Crippen MR) is 72.9 cm³/mol. The fraction of sp³-hybridized carbons (Fsp3) is 0.643. The summed E-state index contributed by atoms with van der Waals surface area (Å²) in [5.41, 5.74) is 1.05. The molecule has 5 nitrogen and oxygen atoms in total. The van der Waals surface area contributed by atoms with Gasteiger partial charge in [-0.25, -0.2) is 9.97 Å². The van der Waals surface area contributed by atoms with Crippen LogP contribution >= 0.6 is 0 Å². The van der Waals surface area contributed by atoms with Crippen molar-refractivity contribution in [3.05, 3.63) is 18.0 Å². The molecular formula is C14H20N4O. The first-order valence-corrected chi connectivity index (χ1v) is 7.08. The molecular weight excluding hydrogens is 240 g/mol. The van der Waals surface area contributed by atoms with Crippen molar-refractivity contribution < 1.29 is 4.79 Å². The highest BCUT2D eigenvalue weighted by Gasteiger charge is 2.44. The first-order valence-electron chi connectivity index (χ1n) is 7.08. The Kier molecular flexibility index (Phi) is 3.12. The Morgan fingerprint density at radius 3 is 2.47 bits per heavy atom. The van der Waals surface area contributed by atoms with E-state index in [0.29, 0.717) is 0 Å². The summed E-state index contributed by atoms with van der Waals surface area (Å²) >= 11 is 0. The lowest BCUT2D eigenvalue weighted by molar-refractivity contribution is -0.128. The third-order valence-corrected chi connectivity index (χ3v) is 4.47. The minimum Gasteiger partial charge on any atom is -0.356 e. The van der Waals surface area contributed by atoms with Crippen molar-refractivity contribution in [3.63, 3.8) is 0 Å². The fourth-order valence-electron chi connectivity index (χ4n) is 3.02. The van der Waals surface area contributed by atoms with Gasteiger partial charge in [0, 0.05) is 32.0 Å². The van der Waals surface area contributed by atoms with Gasteiger partial charge in [-0.05, 0) is 31.2 Å². The number of hydrogen-bond acceptors (Lipinski definition) is 4. The van der Waals surface area contributed by atoms with E-state index in [-0.39, 0.29) is 11.3 Å². The minimum atomic E-state index is -0.111. The average molecular weight is 260 g/mol. The van der Waals surface area contributed by atoms with Crippen LogP contribution in [0.4, 0.5) is 5.95 Å². The van der Waals surface area contributed by atoms with Gasteiger partial charge < -0.3 is 10.2 Å². The first kappa shape index (κ1) is 12.4. The molecule has 2 aliphatic heterocycles. The number of carbonyl (C=O) groups excluding carboxylic acids is 1. The Labute approximate surface area is 113 Å². The highest BCUT2D eigenvalue weighted by molar-refractivity contribution is 5.85. The van der Waals surface area contributed by atoms with Gasteiger partial charge >= 0.3 is 0 Å². The second kappa shape index (κ2) is 4.79. The summed E-state index contributed by atoms with van der Waals surface area (Å²) in [7, 11) is 0. The second-order valence-electron chi connectivity index (χ2n) is 5.52. The number of aromatic nitrogens is 2. The molecule has 3 rings (SSSR count). The highest BCUT2D eigenvalue weighted by atomic mass is 16.2. The Morgan fingerprint density at radius 2 is 1.95 bits per heavy atom. The number of hydrogen-bond donors (Lipinski definition) is 1. The normalized spacial score (nSPS) is 21.7. The van der Waals surface area contributed by atoms with E-state index in [1.807, 2.05) is 12.4 Å². The zero-order chi connectivity index (χ0) is 13.3. The van der Waals surface area contributed by atoms with Crippen LogP contribution in [0.3, 0.4) is 0 Å². The smallest absolute Gasteiger partial charge is 0.226 e. The van der Waals surface area contributed by atoms with Crippen molar-refractivity contribution in [1.29, 1.82) is 0 Å². The summed E-state index contributed by atoms with van der Waals surface area (Å²) in [6.07, 6.45) is 7.57. The molecule has 102 valence electrons. The van der Waals surface area contributed by atoms with Crippen molar-refractivity contribution in [3.8, 4) is 0 Å². The molecule has 0 atom stereocenters. The van der Waals surface area contributed by atoms with Gasteiger partial charge in [-0.2, -0.15) is 0 Å². The molecule has 2 aliphatic rings. The number of amides is 1. The number of nitrogens with one attached hydrogen (secondary N) is 1. The molecule has 1 aromatic rings. The second-order valence-corrected chi connectivity index (χ2v) is 5.52. The van der Waals surface area contributed by atoms with E-state index in [0.717, 1.165) is 56.8 Å².